The Morgan fingerprint density at radius 3 is 0.867 bits per heavy atom. The minimum absolute atomic E-state index is 0.0155. The molecule has 0 saturated heterocycles. The fourth-order valence-corrected chi connectivity index (χ4v) is 12.9. The average molecular weight is 1260 g/mol. The standard InChI is InChI=1S/C84H159NO5/c1-3-5-7-9-11-13-15-17-19-21-41-46-50-54-58-62-66-70-74-78-84(89)90-79-75-71-67-63-59-55-51-47-43-40-38-36-34-32-30-28-26-24-22-23-25-27-29-31-33-35-37-39-42-45-49-53-57-61-65-69-73-77-83(88)85-81(80-86)82(87)76-72-68-64-60-56-52-48-44-20-18-16-14-12-10-8-6-4-2/h11,13,17,19,22,24,28,30,81-82,86-87H,3-10,12,14-16,18,20-21,23,25-27,29,31-80H2,1-2H3,(H,85,88)/b13-11-,19-17-,24-22-,30-28-. The molecule has 0 aromatic carbocycles. The number of aliphatic hydroxyl groups excluding tert-OH is 2. The molecule has 0 aromatic rings. The monoisotopic (exact) mass is 1260 g/mol. The molecule has 0 bridgehead atoms. The molecule has 1 amide bonds. The summed E-state index contributed by atoms with van der Waals surface area (Å²) in [6.45, 7) is 4.97. The molecule has 3 N–H and O–H groups in total. The number of amides is 1. The molecule has 90 heavy (non-hydrogen) atoms. The van der Waals surface area contributed by atoms with Crippen LogP contribution in [0.4, 0.5) is 0 Å². The largest absolute Gasteiger partial charge is 0.466 e. The zero-order valence-electron chi connectivity index (χ0n) is 60.9. The lowest BCUT2D eigenvalue weighted by Gasteiger charge is -2.22. The maximum absolute atomic E-state index is 12.5. The Labute approximate surface area is 563 Å². The fourth-order valence-electron chi connectivity index (χ4n) is 12.9. The minimum atomic E-state index is -0.663. The number of hydrogen-bond donors (Lipinski definition) is 3. The van der Waals surface area contributed by atoms with E-state index in [0.717, 1.165) is 57.8 Å². The number of nitrogens with one attached hydrogen (secondary N) is 1. The highest BCUT2D eigenvalue weighted by molar-refractivity contribution is 5.76. The lowest BCUT2D eigenvalue weighted by atomic mass is 10.0. The van der Waals surface area contributed by atoms with Crippen molar-refractivity contribution in [3.63, 3.8) is 0 Å². The Balaban J connectivity index is 3.35. The van der Waals surface area contributed by atoms with Gasteiger partial charge in [-0.3, -0.25) is 9.59 Å². The van der Waals surface area contributed by atoms with Gasteiger partial charge in [0.15, 0.2) is 0 Å². The Morgan fingerprint density at radius 2 is 0.556 bits per heavy atom. The predicted octanol–water partition coefficient (Wildman–Crippen LogP) is 27.2. The van der Waals surface area contributed by atoms with E-state index in [1.807, 2.05) is 0 Å². The van der Waals surface area contributed by atoms with Crippen LogP contribution in [0.5, 0.6) is 0 Å². The number of carbonyl (C=O) groups excluding carboxylic acids is 2. The van der Waals surface area contributed by atoms with Gasteiger partial charge in [0, 0.05) is 12.8 Å². The molecule has 2 unspecified atom stereocenters. The smallest absolute Gasteiger partial charge is 0.305 e. The van der Waals surface area contributed by atoms with Gasteiger partial charge < -0.3 is 20.3 Å². The van der Waals surface area contributed by atoms with E-state index < -0.39 is 12.1 Å². The highest BCUT2D eigenvalue weighted by Crippen LogP contribution is 2.20. The maximum atomic E-state index is 12.5. The number of allylic oxidation sites excluding steroid dienone is 8. The van der Waals surface area contributed by atoms with E-state index >= 15 is 0 Å². The SMILES string of the molecule is CCCCC/C=C\C/C=C\CCCCCCCCCCCC(=O)OCCCCCCCCCCCCCCC/C=C\C/C=C\CCCCCCCCCCCCCCCCCCCC(=O)NC(CO)C(O)CCCCCCCCCCCCCCCCCCC. The van der Waals surface area contributed by atoms with Gasteiger partial charge in [-0.25, -0.2) is 0 Å². The number of aliphatic hydroxyl groups is 2. The molecule has 0 fully saturated rings. The van der Waals surface area contributed by atoms with Crippen LogP contribution >= 0.6 is 0 Å². The number of ether oxygens (including phenoxy) is 1. The first-order valence-electron chi connectivity index (χ1n) is 40.9. The van der Waals surface area contributed by atoms with E-state index in [0.29, 0.717) is 25.9 Å². The fraction of sp³-hybridized carbons (Fsp3) is 0.881. The van der Waals surface area contributed by atoms with Crippen LogP contribution in [-0.4, -0.2) is 47.4 Å². The molecule has 0 aliphatic rings. The summed E-state index contributed by atoms with van der Waals surface area (Å²) < 4.78 is 5.51. The van der Waals surface area contributed by atoms with Crippen LogP contribution in [0.15, 0.2) is 48.6 Å². The van der Waals surface area contributed by atoms with Crippen molar-refractivity contribution in [1.29, 1.82) is 0 Å². The van der Waals surface area contributed by atoms with Crippen molar-refractivity contribution in [2.24, 2.45) is 0 Å². The molecule has 0 aromatic heterocycles. The molecule has 0 spiro atoms. The number of rotatable bonds is 77. The van der Waals surface area contributed by atoms with Gasteiger partial charge >= 0.3 is 5.97 Å². The first kappa shape index (κ1) is 87.8. The Kier molecular flexibility index (Phi) is 77.3. The second kappa shape index (κ2) is 79.3. The van der Waals surface area contributed by atoms with Crippen LogP contribution in [0.1, 0.15) is 450 Å². The molecule has 0 heterocycles. The van der Waals surface area contributed by atoms with E-state index in [9.17, 15) is 19.8 Å². The van der Waals surface area contributed by atoms with Crippen LogP contribution in [0.25, 0.3) is 0 Å². The molecule has 0 radical (unpaired) electrons. The lowest BCUT2D eigenvalue weighted by molar-refractivity contribution is -0.143. The zero-order valence-corrected chi connectivity index (χ0v) is 60.9. The van der Waals surface area contributed by atoms with E-state index in [1.165, 1.54) is 360 Å². The number of esters is 1. The van der Waals surface area contributed by atoms with Gasteiger partial charge in [0.2, 0.25) is 5.91 Å². The van der Waals surface area contributed by atoms with Crippen molar-refractivity contribution < 1.29 is 24.5 Å². The molecule has 0 aliphatic heterocycles. The molecule has 0 saturated carbocycles. The van der Waals surface area contributed by atoms with Crippen LogP contribution in [0.2, 0.25) is 0 Å². The van der Waals surface area contributed by atoms with Crippen molar-refractivity contribution in [1.82, 2.24) is 5.32 Å². The van der Waals surface area contributed by atoms with Crippen LogP contribution in [0.3, 0.4) is 0 Å². The summed E-state index contributed by atoms with van der Waals surface area (Å²) in [5.74, 6) is -0.0129. The normalized spacial score (nSPS) is 12.7. The third kappa shape index (κ3) is 74.9. The number of hydrogen-bond acceptors (Lipinski definition) is 5. The summed E-state index contributed by atoms with van der Waals surface area (Å²) in [7, 11) is 0. The summed E-state index contributed by atoms with van der Waals surface area (Å²) in [5.41, 5.74) is 0. The topological polar surface area (TPSA) is 95.9 Å². The van der Waals surface area contributed by atoms with Crippen LogP contribution in [0, 0.1) is 0 Å². The summed E-state index contributed by atoms with van der Waals surface area (Å²) in [6, 6.07) is -0.540. The molecular weight excluding hydrogens is 1100 g/mol. The number of carbonyl (C=O) groups is 2. The van der Waals surface area contributed by atoms with Crippen molar-refractivity contribution in [2.45, 2.75) is 463 Å². The highest BCUT2D eigenvalue weighted by Gasteiger charge is 2.20. The molecule has 6 nitrogen and oxygen atoms in total. The summed E-state index contributed by atoms with van der Waals surface area (Å²) in [6.07, 6.45) is 105. The van der Waals surface area contributed by atoms with Gasteiger partial charge in [-0.2, -0.15) is 0 Å². The summed E-state index contributed by atoms with van der Waals surface area (Å²) in [5, 5.41) is 23.4. The van der Waals surface area contributed by atoms with Gasteiger partial charge in [0.1, 0.15) is 0 Å². The maximum Gasteiger partial charge on any atom is 0.305 e. The second-order valence-corrected chi connectivity index (χ2v) is 28.1. The quantitative estimate of drug-likeness (QED) is 0.0320. The van der Waals surface area contributed by atoms with E-state index in [2.05, 4.69) is 67.8 Å². The van der Waals surface area contributed by atoms with Gasteiger partial charge in [-0.15, -0.1) is 0 Å². The lowest BCUT2D eigenvalue weighted by Crippen LogP contribution is -2.45. The zero-order chi connectivity index (χ0) is 64.9. The molecule has 0 aliphatic carbocycles. The summed E-state index contributed by atoms with van der Waals surface area (Å²) in [4.78, 5) is 24.7. The Hall–Kier alpha value is -2.18. The minimum Gasteiger partial charge on any atom is -0.466 e. The van der Waals surface area contributed by atoms with Gasteiger partial charge in [0.05, 0.1) is 25.4 Å². The third-order valence-corrected chi connectivity index (χ3v) is 19.1. The summed E-state index contributed by atoms with van der Waals surface area (Å²) >= 11 is 0. The Bertz CT molecular complexity index is 1500. The van der Waals surface area contributed by atoms with Gasteiger partial charge in [0.25, 0.3) is 0 Å². The molecule has 0 rings (SSSR count). The van der Waals surface area contributed by atoms with Crippen molar-refractivity contribution in [2.75, 3.05) is 13.2 Å². The molecule has 2 atom stereocenters. The van der Waals surface area contributed by atoms with E-state index in [1.54, 1.807) is 0 Å². The van der Waals surface area contributed by atoms with Crippen LogP contribution < -0.4 is 5.32 Å². The third-order valence-electron chi connectivity index (χ3n) is 19.1. The molecule has 530 valence electrons. The first-order valence-corrected chi connectivity index (χ1v) is 40.9. The second-order valence-electron chi connectivity index (χ2n) is 28.1. The van der Waals surface area contributed by atoms with Crippen molar-refractivity contribution >= 4 is 11.9 Å². The van der Waals surface area contributed by atoms with Gasteiger partial charge in [-0.1, -0.05) is 396 Å². The predicted molar refractivity (Wildman–Crippen MR) is 398 cm³/mol. The van der Waals surface area contributed by atoms with Crippen molar-refractivity contribution in [3.05, 3.63) is 48.6 Å². The van der Waals surface area contributed by atoms with E-state index in [-0.39, 0.29) is 18.5 Å². The first-order chi connectivity index (χ1) is 44.5. The van der Waals surface area contributed by atoms with Gasteiger partial charge in [-0.05, 0) is 89.9 Å². The molecular formula is C84H159NO5. The average Bonchev–Trinajstić information content (AvgIpc) is 3.60. The van der Waals surface area contributed by atoms with E-state index in [4.69, 9.17) is 4.74 Å². The Morgan fingerprint density at radius 1 is 0.311 bits per heavy atom. The highest BCUT2D eigenvalue weighted by atomic mass is 16.5. The number of unbranched alkanes of at least 4 members (excludes halogenated alkanes) is 58. The molecule has 6 heteroatoms. The van der Waals surface area contributed by atoms with Crippen LogP contribution in [-0.2, 0) is 14.3 Å². The van der Waals surface area contributed by atoms with Crippen molar-refractivity contribution in [3.8, 4) is 0 Å².